The molecule has 3 heterocycles. The average molecular weight is 804 g/mol. The number of anilines is 1. The average Bonchev–Trinajstić information content (AvgIpc) is 3.22. The molecule has 58 heavy (non-hydrogen) atoms. The number of rotatable bonds is 6. The molecule has 1 fully saturated rings. The Bertz CT molecular complexity index is 1920. The molecule has 5 rings (SSSR count). The number of fused-ring (bicyclic) bond motifs is 3. The first-order valence-corrected chi connectivity index (χ1v) is 19.3. The fourth-order valence-electron chi connectivity index (χ4n) is 6.54. The second kappa shape index (κ2) is 20.5. The molecular weight excluding hydrogens is 750 g/mol. The van der Waals surface area contributed by atoms with Crippen molar-refractivity contribution in [2.75, 3.05) is 65.1 Å². The fourth-order valence-corrected chi connectivity index (χ4v) is 6.54. The Morgan fingerprint density at radius 1 is 0.862 bits per heavy atom. The number of nitrogens with one attached hydrogen (secondary N) is 4. The number of benzene rings is 2. The standard InChI is InChI=1S/C41H53N7O10/c1-25(2)36-39(52)44-23-29-30(55-4)9-8-10-31(29)58-33-21-27(11-13-32(33)56-5)38(51)42-15-6-7-16-48(24-35(50)45-37(26(3)49)40(53)46-36)41(54)28-12-14-34(43-22-28)47-17-19-57-20-18-47/h8-14,21-22,25-26,36-37,49H,6-7,15-20,23-24H2,1-5H3,(H,42,51)(H,44,52)(H,45,50)(H,46,53)/t26-,36-,37+/m1/s1. The van der Waals surface area contributed by atoms with Crippen molar-refractivity contribution in [3.05, 3.63) is 71.4 Å². The molecule has 2 aromatic carbocycles. The van der Waals surface area contributed by atoms with Crippen LogP contribution in [0, 0.1) is 5.92 Å². The van der Waals surface area contributed by atoms with E-state index in [1.54, 1.807) is 62.4 Å². The van der Waals surface area contributed by atoms with Gasteiger partial charge in [-0.1, -0.05) is 19.9 Å². The third-order valence-corrected chi connectivity index (χ3v) is 9.82. The van der Waals surface area contributed by atoms with Gasteiger partial charge in [0, 0.05) is 37.9 Å². The van der Waals surface area contributed by atoms with Gasteiger partial charge in [0.1, 0.15) is 29.4 Å². The van der Waals surface area contributed by atoms with E-state index in [9.17, 15) is 29.1 Å². The molecule has 1 aromatic heterocycles. The molecule has 0 aliphatic carbocycles. The lowest BCUT2D eigenvalue weighted by atomic mass is 10.0. The molecule has 5 amide bonds. The molecule has 312 valence electrons. The monoisotopic (exact) mass is 803 g/mol. The van der Waals surface area contributed by atoms with Gasteiger partial charge in [-0.3, -0.25) is 24.0 Å². The van der Waals surface area contributed by atoms with Gasteiger partial charge in [-0.15, -0.1) is 0 Å². The Balaban J connectivity index is 1.43. The van der Waals surface area contributed by atoms with Gasteiger partial charge in [0.05, 0.1) is 57.8 Å². The number of ether oxygens (including phenoxy) is 4. The number of methoxy groups -OCH3 is 2. The molecule has 3 aromatic rings. The largest absolute Gasteiger partial charge is 0.496 e. The highest BCUT2D eigenvalue weighted by Gasteiger charge is 2.32. The predicted octanol–water partition coefficient (Wildman–Crippen LogP) is 2.02. The molecule has 2 aliphatic heterocycles. The highest BCUT2D eigenvalue weighted by Crippen LogP contribution is 2.37. The summed E-state index contributed by atoms with van der Waals surface area (Å²) in [5.41, 5.74) is 1.03. The molecule has 17 heteroatoms. The Morgan fingerprint density at radius 2 is 1.62 bits per heavy atom. The van der Waals surface area contributed by atoms with Crippen LogP contribution in [0.15, 0.2) is 54.7 Å². The third kappa shape index (κ3) is 11.1. The first-order valence-electron chi connectivity index (χ1n) is 19.3. The third-order valence-electron chi connectivity index (χ3n) is 9.82. The Morgan fingerprint density at radius 3 is 2.29 bits per heavy atom. The summed E-state index contributed by atoms with van der Waals surface area (Å²) in [5, 5.41) is 21.6. The fraction of sp³-hybridized carbons (Fsp3) is 0.463. The van der Waals surface area contributed by atoms with Crippen molar-refractivity contribution < 1.29 is 48.0 Å². The Kier molecular flexibility index (Phi) is 15.2. The number of aromatic nitrogens is 1. The van der Waals surface area contributed by atoms with Gasteiger partial charge in [-0.2, -0.15) is 0 Å². The van der Waals surface area contributed by atoms with Gasteiger partial charge in [-0.05, 0) is 68.1 Å². The first kappa shape index (κ1) is 43.2. The van der Waals surface area contributed by atoms with E-state index in [0.29, 0.717) is 73.3 Å². The van der Waals surface area contributed by atoms with E-state index in [1.807, 2.05) is 0 Å². The summed E-state index contributed by atoms with van der Waals surface area (Å²) >= 11 is 0. The number of carbonyl (C=O) groups is 5. The number of nitrogens with zero attached hydrogens (tertiary/aromatic N) is 3. The highest BCUT2D eigenvalue weighted by atomic mass is 16.5. The summed E-state index contributed by atoms with van der Waals surface area (Å²) in [6.45, 7) is 7.16. The number of aliphatic hydroxyl groups excluding tert-OH is 1. The highest BCUT2D eigenvalue weighted by molar-refractivity contribution is 5.98. The predicted molar refractivity (Wildman–Crippen MR) is 213 cm³/mol. The van der Waals surface area contributed by atoms with Crippen molar-refractivity contribution in [1.82, 2.24) is 31.2 Å². The maximum atomic E-state index is 13.9. The maximum Gasteiger partial charge on any atom is 0.255 e. The topological polar surface area (TPSA) is 210 Å². The van der Waals surface area contributed by atoms with Crippen LogP contribution in [0.4, 0.5) is 5.82 Å². The number of carbonyl (C=O) groups excluding carboxylic acids is 5. The zero-order valence-electron chi connectivity index (χ0n) is 33.5. The minimum atomic E-state index is -1.45. The molecule has 1 saturated heterocycles. The van der Waals surface area contributed by atoms with E-state index in [-0.39, 0.29) is 36.9 Å². The van der Waals surface area contributed by atoms with Crippen LogP contribution in [-0.2, 0) is 25.7 Å². The number of amides is 5. The van der Waals surface area contributed by atoms with Crippen molar-refractivity contribution in [3.8, 4) is 23.0 Å². The lowest BCUT2D eigenvalue weighted by Gasteiger charge is -2.28. The van der Waals surface area contributed by atoms with Crippen molar-refractivity contribution >= 4 is 35.4 Å². The minimum Gasteiger partial charge on any atom is -0.496 e. The number of hydrogen-bond donors (Lipinski definition) is 5. The Hall–Kier alpha value is -5.94. The van der Waals surface area contributed by atoms with Gasteiger partial charge < -0.3 is 55.1 Å². The number of pyridine rings is 1. The second-order valence-electron chi connectivity index (χ2n) is 14.3. The van der Waals surface area contributed by atoms with Crippen LogP contribution in [0.1, 0.15) is 59.9 Å². The number of aliphatic hydroxyl groups is 1. The molecule has 0 unspecified atom stereocenters. The van der Waals surface area contributed by atoms with Crippen LogP contribution in [0.3, 0.4) is 0 Å². The Labute approximate surface area is 337 Å². The molecule has 0 saturated carbocycles. The summed E-state index contributed by atoms with van der Waals surface area (Å²) < 4.78 is 22.8. The maximum absolute atomic E-state index is 13.9. The molecule has 0 radical (unpaired) electrons. The van der Waals surface area contributed by atoms with Crippen LogP contribution >= 0.6 is 0 Å². The smallest absolute Gasteiger partial charge is 0.255 e. The van der Waals surface area contributed by atoms with Gasteiger partial charge in [0.2, 0.25) is 17.7 Å². The molecule has 3 atom stereocenters. The summed E-state index contributed by atoms with van der Waals surface area (Å²) in [7, 11) is 2.95. The van der Waals surface area contributed by atoms with Crippen LogP contribution in [0.5, 0.6) is 23.0 Å². The van der Waals surface area contributed by atoms with Crippen molar-refractivity contribution in [3.63, 3.8) is 0 Å². The summed E-state index contributed by atoms with van der Waals surface area (Å²) in [5.74, 6) is -1.27. The first-order chi connectivity index (χ1) is 27.9. The second-order valence-corrected chi connectivity index (χ2v) is 14.3. The zero-order valence-corrected chi connectivity index (χ0v) is 33.5. The molecule has 5 N–H and O–H groups in total. The van der Waals surface area contributed by atoms with Crippen LogP contribution in [-0.4, -0.2) is 123 Å². The summed E-state index contributed by atoms with van der Waals surface area (Å²) in [6, 6.07) is 10.7. The van der Waals surface area contributed by atoms with E-state index in [0.717, 1.165) is 0 Å². The van der Waals surface area contributed by atoms with Crippen LogP contribution < -0.4 is 40.4 Å². The van der Waals surface area contributed by atoms with Crippen molar-refractivity contribution in [1.29, 1.82) is 0 Å². The normalized spacial score (nSPS) is 19.7. The van der Waals surface area contributed by atoms with Gasteiger partial charge in [0.15, 0.2) is 11.5 Å². The lowest BCUT2D eigenvalue weighted by Crippen LogP contribution is -2.59. The van der Waals surface area contributed by atoms with E-state index in [4.69, 9.17) is 18.9 Å². The van der Waals surface area contributed by atoms with Gasteiger partial charge in [-0.25, -0.2) is 4.98 Å². The van der Waals surface area contributed by atoms with E-state index < -0.39 is 54.3 Å². The summed E-state index contributed by atoms with van der Waals surface area (Å²) in [4.78, 5) is 76.0. The van der Waals surface area contributed by atoms with Crippen LogP contribution in [0.25, 0.3) is 0 Å². The van der Waals surface area contributed by atoms with Crippen molar-refractivity contribution in [2.45, 2.75) is 58.3 Å². The van der Waals surface area contributed by atoms with Crippen LogP contribution in [0.2, 0.25) is 0 Å². The number of morpholine rings is 1. The van der Waals surface area contributed by atoms with E-state index in [1.165, 1.54) is 32.2 Å². The SMILES string of the molecule is COc1ccc2cc1Oc1cccc(OC)c1CNC(=O)[C@@H](C(C)C)NC(=O)[C@H]([C@@H](C)O)NC(=O)CN(C(=O)c1ccc(N3CCOCC3)nc1)CCCCNC2=O. The number of hydrogen-bond acceptors (Lipinski definition) is 12. The molecule has 0 spiro atoms. The molecule has 2 aliphatic rings. The van der Waals surface area contributed by atoms with E-state index in [2.05, 4.69) is 31.2 Å². The van der Waals surface area contributed by atoms with E-state index >= 15 is 0 Å². The quantitative estimate of drug-likeness (QED) is 0.243. The summed E-state index contributed by atoms with van der Waals surface area (Å²) in [6.07, 6.45) is 0.954. The molecule has 2 bridgehead atoms. The molecular formula is C41H53N7O10. The van der Waals surface area contributed by atoms with Crippen molar-refractivity contribution in [2.24, 2.45) is 5.92 Å². The van der Waals surface area contributed by atoms with Gasteiger partial charge >= 0.3 is 0 Å². The van der Waals surface area contributed by atoms with Gasteiger partial charge in [0.25, 0.3) is 11.8 Å². The molecule has 17 nitrogen and oxygen atoms in total. The minimum absolute atomic E-state index is 0.0777. The lowest BCUT2D eigenvalue weighted by molar-refractivity contribution is -0.135. The zero-order chi connectivity index (χ0) is 41.8.